The van der Waals surface area contributed by atoms with Gasteiger partial charge in [0.15, 0.2) is 0 Å². The fraction of sp³-hybridized carbons (Fsp3) is 0.538. The molecule has 3 aliphatic rings. The Hall–Kier alpha value is -0.860. The van der Waals surface area contributed by atoms with Crippen LogP contribution in [0.3, 0.4) is 0 Å². The topological polar surface area (TPSA) is 29.5 Å². The van der Waals surface area contributed by atoms with Crippen molar-refractivity contribution in [3.63, 3.8) is 0 Å². The third-order valence-electron chi connectivity index (χ3n) is 3.91. The third-order valence-corrected chi connectivity index (χ3v) is 3.91. The Kier molecular flexibility index (Phi) is 2.08. The van der Waals surface area contributed by atoms with E-state index in [0.29, 0.717) is 12.5 Å². The largest absolute Gasteiger partial charge is 0.392 e. The molecule has 0 amide bonds. The molecular formula is C13H16O2. The number of aliphatic hydroxyl groups excluding tert-OH is 1. The highest BCUT2D eigenvalue weighted by Crippen LogP contribution is 2.64. The van der Waals surface area contributed by atoms with Gasteiger partial charge >= 0.3 is 0 Å². The molecule has 4 rings (SSSR count). The molecule has 0 spiro atoms. The lowest BCUT2D eigenvalue weighted by Crippen LogP contribution is -2.67. The molecule has 1 atom stereocenters. The Morgan fingerprint density at radius 2 is 2.00 bits per heavy atom. The molecule has 1 aromatic rings. The molecule has 0 radical (unpaired) electrons. The minimum absolute atomic E-state index is 0.0757. The van der Waals surface area contributed by atoms with Gasteiger partial charge in [0.25, 0.3) is 0 Å². The Morgan fingerprint density at radius 3 is 2.53 bits per heavy atom. The molecule has 15 heavy (non-hydrogen) atoms. The molecule has 3 aliphatic carbocycles. The quantitative estimate of drug-likeness (QED) is 0.812. The zero-order valence-electron chi connectivity index (χ0n) is 8.73. The molecule has 2 heteroatoms. The zero-order valence-corrected chi connectivity index (χ0v) is 8.73. The highest BCUT2D eigenvalue weighted by molar-refractivity contribution is 5.15. The maximum Gasteiger partial charge on any atom is 0.0717 e. The van der Waals surface area contributed by atoms with Gasteiger partial charge in [-0.15, -0.1) is 0 Å². The van der Waals surface area contributed by atoms with Crippen LogP contribution in [-0.4, -0.2) is 17.8 Å². The highest BCUT2D eigenvalue weighted by Gasteiger charge is 2.64. The van der Waals surface area contributed by atoms with Crippen molar-refractivity contribution < 1.29 is 9.84 Å². The predicted molar refractivity (Wildman–Crippen MR) is 57.3 cm³/mol. The first kappa shape index (κ1) is 9.37. The van der Waals surface area contributed by atoms with E-state index < -0.39 is 0 Å². The van der Waals surface area contributed by atoms with E-state index in [1.54, 1.807) is 0 Å². The molecule has 1 unspecified atom stereocenters. The number of hydrogen-bond acceptors (Lipinski definition) is 2. The van der Waals surface area contributed by atoms with Gasteiger partial charge in [-0.05, 0) is 24.3 Å². The van der Waals surface area contributed by atoms with Crippen LogP contribution in [-0.2, 0) is 11.3 Å². The van der Waals surface area contributed by atoms with Crippen LogP contribution in [0.5, 0.6) is 0 Å². The van der Waals surface area contributed by atoms with Crippen molar-refractivity contribution in [3.05, 3.63) is 35.9 Å². The van der Waals surface area contributed by atoms with Crippen LogP contribution < -0.4 is 0 Å². The van der Waals surface area contributed by atoms with Crippen molar-refractivity contribution in [1.82, 2.24) is 0 Å². The van der Waals surface area contributed by atoms with E-state index in [9.17, 15) is 5.11 Å². The van der Waals surface area contributed by atoms with Crippen LogP contribution >= 0.6 is 0 Å². The van der Waals surface area contributed by atoms with Crippen molar-refractivity contribution >= 4 is 0 Å². The normalized spacial score (nSPS) is 36.9. The summed E-state index contributed by atoms with van der Waals surface area (Å²) >= 11 is 0. The van der Waals surface area contributed by atoms with E-state index in [-0.39, 0.29) is 11.5 Å². The van der Waals surface area contributed by atoms with Gasteiger partial charge in [-0.25, -0.2) is 0 Å². The van der Waals surface area contributed by atoms with E-state index in [2.05, 4.69) is 12.1 Å². The molecule has 1 N–H and O–H groups in total. The molecule has 3 fully saturated rings. The Labute approximate surface area is 89.9 Å². The van der Waals surface area contributed by atoms with Crippen LogP contribution in [0.15, 0.2) is 30.3 Å². The first-order valence-corrected chi connectivity index (χ1v) is 5.60. The summed E-state index contributed by atoms with van der Waals surface area (Å²) in [5.41, 5.74) is 1.35. The summed E-state index contributed by atoms with van der Waals surface area (Å²) < 4.78 is 5.67. The second-order valence-corrected chi connectivity index (χ2v) is 4.95. The Morgan fingerprint density at radius 1 is 1.27 bits per heavy atom. The van der Waals surface area contributed by atoms with E-state index in [4.69, 9.17) is 4.74 Å². The molecule has 0 heterocycles. The van der Waals surface area contributed by atoms with E-state index >= 15 is 0 Å². The monoisotopic (exact) mass is 204 g/mol. The summed E-state index contributed by atoms with van der Waals surface area (Å²) in [5, 5.41) is 9.63. The van der Waals surface area contributed by atoms with E-state index in [1.165, 1.54) is 18.4 Å². The van der Waals surface area contributed by atoms with Gasteiger partial charge in [-0.2, -0.15) is 0 Å². The molecule has 3 saturated carbocycles. The van der Waals surface area contributed by atoms with Crippen LogP contribution in [0.1, 0.15) is 18.4 Å². The van der Waals surface area contributed by atoms with Gasteiger partial charge in [0.2, 0.25) is 0 Å². The molecule has 0 aromatic heterocycles. The van der Waals surface area contributed by atoms with E-state index in [0.717, 1.165) is 6.61 Å². The van der Waals surface area contributed by atoms with Gasteiger partial charge < -0.3 is 9.84 Å². The van der Waals surface area contributed by atoms with Gasteiger partial charge in [0, 0.05) is 5.41 Å². The molecule has 1 aromatic carbocycles. The maximum absolute atomic E-state index is 9.63. The summed E-state index contributed by atoms with van der Waals surface area (Å²) in [5.74, 6) is 0.588. The third kappa shape index (κ3) is 1.40. The Bertz CT molecular complexity index is 341. The van der Waals surface area contributed by atoms with E-state index in [1.807, 2.05) is 18.2 Å². The average molecular weight is 204 g/mol. The number of aliphatic hydroxyl groups is 1. The number of hydrogen-bond donors (Lipinski definition) is 1. The number of ether oxygens (including phenoxy) is 1. The van der Waals surface area contributed by atoms with Crippen molar-refractivity contribution in [2.75, 3.05) is 6.61 Å². The summed E-state index contributed by atoms with van der Waals surface area (Å²) in [7, 11) is 0. The minimum atomic E-state index is -0.0757. The smallest absolute Gasteiger partial charge is 0.0717 e. The van der Waals surface area contributed by atoms with Gasteiger partial charge in [-0.3, -0.25) is 0 Å². The summed E-state index contributed by atoms with van der Waals surface area (Å²) in [6.07, 6.45) is 2.26. The molecular weight excluding hydrogens is 188 g/mol. The number of benzene rings is 1. The maximum atomic E-state index is 9.63. The van der Waals surface area contributed by atoms with Crippen molar-refractivity contribution in [1.29, 1.82) is 0 Å². The fourth-order valence-corrected chi connectivity index (χ4v) is 2.78. The predicted octanol–water partition coefficient (Wildman–Crippen LogP) is 1.97. The highest BCUT2D eigenvalue weighted by atomic mass is 16.5. The first-order valence-electron chi connectivity index (χ1n) is 5.60. The van der Waals surface area contributed by atoms with Crippen LogP contribution in [0.2, 0.25) is 0 Å². The summed E-state index contributed by atoms with van der Waals surface area (Å²) in [6.45, 7) is 1.39. The molecule has 2 nitrogen and oxygen atoms in total. The lowest BCUT2D eigenvalue weighted by atomic mass is 9.42. The average Bonchev–Trinajstić information content (AvgIpc) is 2.23. The van der Waals surface area contributed by atoms with Crippen molar-refractivity contribution in [2.24, 2.45) is 11.3 Å². The van der Waals surface area contributed by atoms with Crippen LogP contribution in [0, 0.1) is 11.3 Å². The SMILES string of the molecule is OC1C2CC1(COCc1ccccc1)C2. The summed E-state index contributed by atoms with van der Waals surface area (Å²) in [6, 6.07) is 10.2. The lowest BCUT2D eigenvalue weighted by Gasteiger charge is -2.65. The lowest BCUT2D eigenvalue weighted by molar-refractivity contribution is -0.261. The molecule has 0 aliphatic heterocycles. The molecule has 80 valence electrons. The van der Waals surface area contributed by atoms with Crippen LogP contribution in [0.4, 0.5) is 0 Å². The van der Waals surface area contributed by atoms with Gasteiger partial charge in [0.05, 0.1) is 19.3 Å². The Balaban J connectivity index is 1.48. The molecule has 2 bridgehead atoms. The van der Waals surface area contributed by atoms with Crippen molar-refractivity contribution in [2.45, 2.75) is 25.6 Å². The van der Waals surface area contributed by atoms with Gasteiger partial charge in [-0.1, -0.05) is 30.3 Å². The number of rotatable bonds is 4. The van der Waals surface area contributed by atoms with Gasteiger partial charge in [0.1, 0.15) is 0 Å². The standard InChI is InChI=1S/C13H16O2/c14-12-11-6-13(12,7-11)9-15-8-10-4-2-1-3-5-10/h1-5,11-12,14H,6-9H2. The zero-order chi connectivity index (χ0) is 10.3. The van der Waals surface area contributed by atoms with Crippen molar-refractivity contribution in [3.8, 4) is 0 Å². The molecule has 0 saturated heterocycles. The first-order chi connectivity index (χ1) is 7.30. The second-order valence-electron chi connectivity index (χ2n) is 4.95. The minimum Gasteiger partial charge on any atom is -0.392 e. The fourth-order valence-electron chi connectivity index (χ4n) is 2.78. The van der Waals surface area contributed by atoms with Crippen LogP contribution in [0.25, 0.3) is 0 Å². The summed E-state index contributed by atoms with van der Waals surface area (Å²) in [4.78, 5) is 0. The second kappa shape index (κ2) is 3.32.